The zero-order valence-electron chi connectivity index (χ0n) is 12.7. The van der Waals surface area contributed by atoms with Crippen molar-refractivity contribution in [2.24, 2.45) is 0 Å². The molecular formula is C16H28N2O. The maximum atomic E-state index is 5.94. The van der Waals surface area contributed by atoms with Crippen LogP contribution in [0.4, 0.5) is 0 Å². The minimum Gasteiger partial charge on any atom is -0.444 e. The molecule has 1 aliphatic carbocycles. The molecule has 19 heavy (non-hydrogen) atoms. The van der Waals surface area contributed by atoms with Gasteiger partial charge in [0.25, 0.3) is 0 Å². The molecule has 1 heterocycles. The van der Waals surface area contributed by atoms with Crippen LogP contribution < -0.4 is 5.32 Å². The molecule has 1 saturated carbocycles. The molecule has 0 radical (unpaired) electrons. The van der Waals surface area contributed by atoms with Gasteiger partial charge in [-0.2, -0.15) is 0 Å². The van der Waals surface area contributed by atoms with Crippen LogP contribution in [-0.2, 0) is 6.54 Å². The van der Waals surface area contributed by atoms with Crippen LogP contribution in [0.15, 0.2) is 10.6 Å². The highest BCUT2D eigenvalue weighted by molar-refractivity contribution is 5.02. The molecule has 3 nitrogen and oxygen atoms in total. The summed E-state index contributed by atoms with van der Waals surface area (Å²) < 4.78 is 5.94. The van der Waals surface area contributed by atoms with Gasteiger partial charge < -0.3 is 9.73 Å². The first-order chi connectivity index (χ1) is 9.04. The number of nitrogens with one attached hydrogen (secondary N) is 1. The molecule has 3 heteroatoms. The molecular weight excluding hydrogens is 236 g/mol. The fourth-order valence-electron chi connectivity index (χ4n) is 2.68. The number of hydrogen-bond donors (Lipinski definition) is 1. The van der Waals surface area contributed by atoms with E-state index in [9.17, 15) is 0 Å². The van der Waals surface area contributed by atoms with Crippen LogP contribution >= 0.6 is 0 Å². The molecule has 0 unspecified atom stereocenters. The fraction of sp³-hybridized carbons (Fsp3) is 0.812. The van der Waals surface area contributed by atoms with Crippen molar-refractivity contribution < 1.29 is 4.42 Å². The molecule has 0 saturated heterocycles. The normalized spacial score (nSPS) is 19.1. The van der Waals surface area contributed by atoms with Crippen molar-refractivity contribution in [1.82, 2.24) is 10.3 Å². The summed E-state index contributed by atoms with van der Waals surface area (Å²) in [5.74, 6) is 2.52. The standard InChI is InChI=1S/C16H28N2O/c1-16(2,3)18-12-15-17-11-14(19-15)13-9-7-5-4-6-8-10-13/h11,13,18H,4-10,12H2,1-3H3. The maximum absolute atomic E-state index is 5.94. The Kier molecular flexibility index (Phi) is 5.03. The Balaban J connectivity index is 1.91. The van der Waals surface area contributed by atoms with Crippen molar-refractivity contribution in [3.05, 3.63) is 17.8 Å². The average molecular weight is 264 g/mol. The van der Waals surface area contributed by atoms with Gasteiger partial charge in [0.2, 0.25) is 5.89 Å². The third kappa shape index (κ3) is 4.98. The average Bonchev–Trinajstić information content (AvgIpc) is 2.73. The second-order valence-corrected chi connectivity index (χ2v) is 6.80. The number of hydrogen-bond acceptors (Lipinski definition) is 3. The lowest BCUT2D eigenvalue weighted by atomic mass is 9.90. The van der Waals surface area contributed by atoms with E-state index in [0.29, 0.717) is 5.92 Å². The molecule has 1 aromatic heterocycles. The van der Waals surface area contributed by atoms with Gasteiger partial charge in [0, 0.05) is 11.5 Å². The van der Waals surface area contributed by atoms with Crippen LogP contribution in [0.25, 0.3) is 0 Å². The Labute approximate surface area is 117 Å². The number of aromatic nitrogens is 1. The van der Waals surface area contributed by atoms with Crippen molar-refractivity contribution in [1.29, 1.82) is 0 Å². The molecule has 1 fully saturated rings. The Bertz CT molecular complexity index is 370. The molecule has 0 bridgehead atoms. The van der Waals surface area contributed by atoms with Crippen molar-refractivity contribution in [3.8, 4) is 0 Å². The van der Waals surface area contributed by atoms with Gasteiger partial charge in [-0.25, -0.2) is 4.98 Å². The first kappa shape index (κ1) is 14.6. The van der Waals surface area contributed by atoms with Gasteiger partial charge in [-0.1, -0.05) is 32.1 Å². The summed E-state index contributed by atoms with van der Waals surface area (Å²) >= 11 is 0. The third-order valence-electron chi connectivity index (χ3n) is 3.85. The summed E-state index contributed by atoms with van der Waals surface area (Å²) in [7, 11) is 0. The third-order valence-corrected chi connectivity index (χ3v) is 3.85. The molecule has 0 amide bonds. The van der Waals surface area contributed by atoms with Crippen LogP contribution in [0.5, 0.6) is 0 Å². The van der Waals surface area contributed by atoms with Gasteiger partial charge in [0.1, 0.15) is 5.76 Å². The van der Waals surface area contributed by atoms with Gasteiger partial charge in [-0.05, 0) is 33.6 Å². The first-order valence-electron chi connectivity index (χ1n) is 7.74. The van der Waals surface area contributed by atoms with Crippen molar-refractivity contribution in [2.45, 2.75) is 83.7 Å². The lowest BCUT2D eigenvalue weighted by Crippen LogP contribution is -2.35. The van der Waals surface area contributed by atoms with Crippen LogP contribution in [0.2, 0.25) is 0 Å². The van der Waals surface area contributed by atoms with Gasteiger partial charge in [-0.15, -0.1) is 0 Å². The predicted octanol–water partition coefficient (Wildman–Crippen LogP) is 4.39. The summed E-state index contributed by atoms with van der Waals surface area (Å²) in [4.78, 5) is 4.42. The molecule has 1 N–H and O–H groups in total. The van der Waals surface area contributed by atoms with Crippen LogP contribution in [0, 0.1) is 0 Å². The van der Waals surface area contributed by atoms with Crippen LogP contribution in [0.3, 0.4) is 0 Å². The van der Waals surface area contributed by atoms with Crippen LogP contribution in [0.1, 0.15) is 83.3 Å². The maximum Gasteiger partial charge on any atom is 0.208 e. The Hall–Kier alpha value is -0.830. The molecule has 0 aliphatic heterocycles. The van der Waals surface area contributed by atoms with Crippen molar-refractivity contribution >= 4 is 0 Å². The van der Waals surface area contributed by atoms with E-state index in [-0.39, 0.29) is 5.54 Å². The number of oxazole rings is 1. The predicted molar refractivity (Wildman–Crippen MR) is 78.2 cm³/mol. The first-order valence-corrected chi connectivity index (χ1v) is 7.74. The summed E-state index contributed by atoms with van der Waals surface area (Å²) in [6.45, 7) is 7.19. The van der Waals surface area contributed by atoms with Gasteiger partial charge >= 0.3 is 0 Å². The van der Waals surface area contributed by atoms with E-state index in [2.05, 4.69) is 31.1 Å². The molecule has 1 aromatic rings. The van der Waals surface area contributed by atoms with Gasteiger partial charge in [-0.3, -0.25) is 0 Å². The largest absolute Gasteiger partial charge is 0.444 e. The highest BCUT2D eigenvalue weighted by atomic mass is 16.4. The number of rotatable bonds is 3. The highest BCUT2D eigenvalue weighted by Crippen LogP contribution is 2.31. The summed E-state index contributed by atoms with van der Waals surface area (Å²) in [6, 6.07) is 0. The Morgan fingerprint density at radius 1 is 1.16 bits per heavy atom. The lowest BCUT2D eigenvalue weighted by Gasteiger charge is -2.19. The highest BCUT2D eigenvalue weighted by Gasteiger charge is 2.18. The van der Waals surface area contributed by atoms with Gasteiger partial charge in [0.05, 0.1) is 12.7 Å². The molecule has 1 aliphatic rings. The zero-order chi connectivity index (χ0) is 13.7. The zero-order valence-corrected chi connectivity index (χ0v) is 12.7. The molecule has 0 aromatic carbocycles. The minimum absolute atomic E-state index is 0.106. The molecule has 0 spiro atoms. The van der Waals surface area contributed by atoms with Crippen molar-refractivity contribution in [3.63, 3.8) is 0 Å². The van der Waals surface area contributed by atoms with E-state index in [1.807, 2.05) is 6.20 Å². The SMILES string of the molecule is CC(C)(C)NCc1ncc(C2CCCCCCC2)o1. The molecule has 108 valence electrons. The minimum atomic E-state index is 0.106. The summed E-state index contributed by atoms with van der Waals surface area (Å²) in [5.41, 5.74) is 0.106. The number of nitrogens with zero attached hydrogens (tertiary/aromatic N) is 1. The summed E-state index contributed by atoms with van der Waals surface area (Å²) in [5, 5.41) is 3.42. The second kappa shape index (κ2) is 6.56. The van der Waals surface area contributed by atoms with Crippen LogP contribution in [-0.4, -0.2) is 10.5 Å². The monoisotopic (exact) mass is 264 g/mol. The molecule has 0 atom stereocenters. The van der Waals surface area contributed by atoms with E-state index >= 15 is 0 Å². The fourth-order valence-corrected chi connectivity index (χ4v) is 2.68. The van der Waals surface area contributed by atoms with E-state index in [1.165, 1.54) is 44.9 Å². The van der Waals surface area contributed by atoms with E-state index in [0.717, 1.165) is 18.2 Å². The quantitative estimate of drug-likeness (QED) is 0.879. The topological polar surface area (TPSA) is 38.1 Å². The van der Waals surface area contributed by atoms with E-state index < -0.39 is 0 Å². The second-order valence-electron chi connectivity index (χ2n) is 6.80. The molecule has 2 rings (SSSR count). The van der Waals surface area contributed by atoms with E-state index in [4.69, 9.17) is 4.42 Å². The Morgan fingerprint density at radius 2 is 1.79 bits per heavy atom. The Morgan fingerprint density at radius 3 is 2.42 bits per heavy atom. The van der Waals surface area contributed by atoms with Gasteiger partial charge in [0.15, 0.2) is 0 Å². The summed E-state index contributed by atoms with van der Waals surface area (Å²) in [6.07, 6.45) is 11.3. The van der Waals surface area contributed by atoms with Crippen molar-refractivity contribution in [2.75, 3.05) is 0 Å². The van der Waals surface area contributed by atoms with E-state index in [1.54, 1.807) is 0 Å². The lowest BCUT2D eigenvalue weighted by molar-refractivity contribution is 0.344. The smallest absolute Gasteiger partial charge is 0.208 e.